The first kappa shape index (κ1) is 17.7. The second kappa shape index (κ2) is 8.74. The van der Waals surface area contributed by atoms with E-state index in [-0.39, 0.29) is 17.9 Å². The van der Waals surface area contributed by atoms with Gasteiger partial charge in [-0.1, -0.05) is 27.7 Å². The van der Waals surface area contributed by atoms with Gasteiger partial charge in [-0.15, -0.1) is 0 Å². The molecule has 1 unspecified atom stereocenters. The van der Waals surface area contributed by atoms with Gasteiger partial charge in [0.15, 0.2) is 0 Å². The van der Waals surface area contributed by atoms with Gasteiger partial charge in [0.2, 0.25) is 0 Å². The van der Waals surface area contributed by atoms with Gasteiger partial charge in [0.25, 0.3) is 0 Å². The van der Waals surface area contributed by atoms with E-state index in [1.807, 2.05) is 20.8 Å². The molecule has 3 N–H and O–H groups in total. The van der Waals surface area contributed by atoms with Crippen LogP contribution in [0.4, 0.5) is 4.79 Å². The van der Waals surface area contributed by atoms with Gasteiger partial charge in [0.1, 0.15) is 6.04 Å². The predicted octanol–water partition coefficient (Wildman–Crippen LogP) is 1.46. The molecule has 0 rings (SSSR count). The summed E-state index contributed by atoms with van der Waals surface area (Å²) in [5.41, 5.74) is 0. The molecule has 0 spiro atoms. The van der Waals surface area contributed by atoms with Crippen LogP contribution in [-0.4, -0.2) is 42.4 Å². The van der Waals surface area contributed by atoms with Crippen molar-refractivity contribution in [1.29, 1.82) is 0 Å². The van der Waals surface area contributed by atoms with Gasteiger partial charge in [0.05, 0.1) is 12.6 Å². The van der Waals surface area contributed by atoms with Crippen LogP contribution in [0, 0.1) is 11.8 Å². The molecular weight excluding hydrogens is 248 g/mol. The number of aliphatic carboxylic acids is 1. The monoisotopic (exact) mass is 274 g/mol. The number of carbonyl (C=O) groups excluding carboxylic acids is 1. The summed E-state index contributed by atoms with van der Waals surface area (Å²) in [6.07, 6.45) is 0. The second-order valence-electron chi connectivity index (χ2n) is 5.19. The summed E-state index contributed by atoms with van der Waals surface area (Å²) < 4.78 is 5.30. The molecule has 2 atom stereocenters. The molecule has 0 aromatic carbocycles. The predicted molar refractivity (Wildman–Crippen MR) is 73.0 cm³/mol. The molecule has 0 saturated carbocycles. The number of carbonyl (C=O) groups is 2. The Hall–Kier alpha value is -1.30. The maximum Gasteiger partial charge on any atom is 0.326 e. The van der Waals surface area contributed by atoms with Crippen LogP contribution < -0.4 is 10.6 Å². The summed E-state index contributed by atoms with van der Waals surface area (Å²) in [5, 5.41) is 14.2. The maximum absolute atomic E-state index is 11.8. The first-order chi connectivity index (χ1) is 8.79. The molecule has 6 nitrogen and oxygen atoms in total. The lowest BCUT2D eigenvalue weighted by Crippen LogP contribution is -2.53. The zero-order valence-electron chi connectivity index (χ0n) is 12.4. The fourth-order valence-corrected chi connectivity index (χ4v) is 1.51. The van der Waals surface area contributed by atoms with Crippen LogP contribution in [-0.2, 0) is 9.53 Å². The lowest BCUT2D eigenvalue weighted by molar-refractivity contribution is -0.140. The number of amides is 2. The van der Waals surface area contributed by atoms with Crippen LogP contribution in [0.2, 0.25) is 0 Å². The Kier molecular flexibility index (Phi) is 8.14. The third kappa shape index (κ3) is 7.00. The molecule has 0 aliphatic carbocycles. The van der Waals surface area contributed by atoms with Crippen molar-refractivity contribution < 1.29 is 19.4 Å². The molecule has 0 radical (unpaired) electrons. The third-order valence-electron chi connectivity index (χ3n) is 2.84. The molecule has 0 aliphatic rings. The first-order valence-corrected chi connectivity index (χ1v) is 6.67. The van der Waals surface area contributed by atoms with Gasteiger partial charge >= 0.3 is 12.0 Å². The van der Waals surface area contributed by atoms with Crippen molar-refractivity contribution in [3.63, 3.8) is 0 Å². The summed E-state index contributed by atoms with van der Waals surface area (Å²) >= 11 is 0. The van der Waals surface area contributed by atoms with Crippen molar-refractivity contribution in [2.45, 2.75) is 46.7 Å². The Morgan fingerprint density at radius 2 is 1.68 bits per heavy atom. The normalized spacial score (nSPS) is 14.3. The van der Waals surface area contributed by atoms with E-state index in [9.17, 15) is 9.59 Å². The SMILES string of the molecule is CCOCC(NC(=O)N[C@H](C(=O)O)C(C)C)C(C)C. The van der Waals surface area contributed by atoms with Crippen LogP contribution in [0.1, 0.15) is 34.6 Å². The number of carboxylic acid groups (broad SMARTS) is 1. The number of nitrogens with one attached hydrogen (secondary N) is 2. The van der Waals surface area contributed by atoms with E-state index >= 15 is 0 Å². The van der Waals surface area contributed by atoms with E-state index < -0.39 is 18.0 Å². The molecule has 6 heteroatoms. The van der Waals surface area contributed by atoms with Crippen molar-refractivity contribution in [2.75, 3.05) is 13.2 Å². The summed E-state index contributed by atoms with van der Waals surface area (Å²) in [6.45, 7) is 10.3. The molecule has 19 heavy (non-hydrogen) atoms. The average Bonchev–Trinajstić information content (AvgIpc) is 2.30. The Morgan fingerprint density at radius 1 is 1.11 bits per heavy atom. The summed E-state index contributed by atoms with van der Waals surface area (Å²) in [4.78, 5) is 22.8. The lowest BCUT2D eigenvalue weighted by Gasteiger charge is -2.24. The highest BCUT2D eigenvalue weighted by molar-refractivity contribution is 5.82. The minimum Gasteiger partial charge on any atom is -0.480 e. The Labute approximate surface area is 114 Å². The van der Waals surface area contributed by atoms with Gasteiger partial charge in [-0.05, 0) is 18.8 Å². The van der Waals surface area contributed by atoms with Gasteiger partial charge in [0, 0.05) is 6.61 Å². The fraction of sp³-hybridized carbons (Fsp3) is 0.846. The zero-order chi connectivity index (χ0) is 15.0. The Bertz CT molecular complexity index is 292. The Balaban J connectivity index is 4.43. The van der Waals surface area contributed by atoms with Crippen molar-refractivity contribution in [3.05, 3.63) is 0 Å². The van der Waals surface area contributed by atoms with Crippen molar-refractivity contribution in [2.24, 2.45) is 11.8 Å². The highest BCUT2D eigenvalue weighted by Gasteiger charge is 2.25. The molecule has 0 saturated heterocycles. The highest BCUT2D eigenvalue weighted by atomic mass is 16.5. The van der Waals surface area contributed by atoms with Crippen LogP contribution in [0.5, 0.6) is 0 Å². The van der Waals surface area contributed by atoms with Gasteiger partial charge in [-0.2, -0.15) is 0 Å². The number of rotatable bonds is 8. The van der Waals surface area contributed by atoms with E-state index in [2.05, 4.69) is 10.6 Å². The quantitative estimate of drug-likeness (QED) is 0.625. The van der Waals surface area contributed by atoms with Crippen LogP contribution in [0.3, 0.4) is 0 Å². The third-order valence-corrected chi connectivity index (χ3v) is 2.84. The molecular formula is C13H26N2O4. The van der Waals surface area contributed by atoms with E-state index in [4.69, 9.17) is 9.84 Å². The van der Waals surface area contributed by atoms with Crippen molar-refractivity contribution in [1.82, 2.24) is 10.6 Å². The van der Waals surface area contributed by atoms with Gasteiger partial charge in [-0.3, -0.25) is 0 Å². The van der Waals surface area contributed by atoms with Crippen LogP contribution in [0.15, 0.2) is 0 Å². The summed E-state index contributed by atoms with van der Waals surface area (Å²) in [7, 11) is 0. The molecule has 2 amide bonds. The highest BCUT2D eigenvalue weighted by Crippen LogP contribution is 2.04. The van der Waals surface area contributed by atoms with Crippen molar-refractivity contribution in [3.8, 4) is 0 Å². The lowest BCUT2D eigenvalue weighted by atomic mass is 10.0. The average molecular weight is 274 g/mol. The maximum atomic E-state index is 11.8. The standard InChI is InChI=1S/C13H26N2O4/c1-6-19-7-10(8(2)3)14-13(18)15-11(9(4)5)12(16)17/h8-11H,6-7H2,1-5H3,(H,16,17)(H2,14,15,18)/t10?,11-/m0/s1. The van der Waals surface area contributed by atoms with Gasteiger partial charge in [-0.25, -0.2) is 9.59 Å². The van der Waals surface area contributed by atoms with Gasteiger partial charge < -0.3 is 20.5 Å². The van der Waals surface area contributed by atoms with Crippen molar-refractivity contribution >= 4 is 12.0 Å². The molecule has 112 valence electrons. The zero-order valence-corrected chi connectivity index (χ0v) is 12.4. The van der Waals surface area contributed by atoms with E-state index in [0.29, 0.717) is 13.2 Å². The topological polar surface area (TPSA) is 87.7 Å². The number of hydrogen-bond acceptors (Lipinski definition) is 3. The number of urea groups is 1. The number of carboxylic acids is 1. The van der Waals surface area contributed by atoms with E-state index in [0.717, 1.165) is 0 Å². The van der Waals surface area contributed by atoms with Crippen LogP contribution in [0.25, 0.3) is 0 Å². The smallest absolute Gasteiger partial charge is 0.326 e. The summed E-state index contributed by atoms with van der Waals surface area (Å²) in [5.74, 6) is -0.997. The van der Waals surface area contributed by atoms with Crippen LogP contribution >= 0.6 is 0 Å². The van der Waals surface area contributed by atoms with E-state index in [1.165, 1.54) is 0 Å². The molecule has 0 aromatic rings. The second-order valence-corrected chi connectivity index (χ2v) is 5.19. The molecule has 0 fully saturated rings. The molecule has 0 aliphatic heterocycles. The first-order valence-electron chi connectivity index (χ1n) is 6.67. The minimum atomic E-state index is -1.03. The molecule has 0 bridgehead atoms. The summed E-state index contributed by atoms with van der Waals surface area (Å²) in [6, 6.07) is -1.50. The largest absolute Gasteiger partial charge is 0.480 e. The molecule has 0 aromatic heterocycles. The van der Waals surface area contributed by atoms with E-state index in [1.54, 1.807) is 13.8 Å². The minimum absolute atomic E-state index is 0.137. The Morgan fingerprint density at radius 3 is 2.05 bits per heavy atom. The number of ether oxygens (including phenoxy) is 1. The molecule has 0 heterocycles. The fourth-order valence-electron chi connectivity index (χ4n) is 1.51. The number of hydrogen-bond donors (Lipinski definition) is 3.